The second-order valence-electron chi connectivity index (χ2n) is 4.45. The molecule has 0 radical (unpaired) electrons. The van der Waals surface area contributed by atoms with E-state index in [-0.39, 0.29) is 12.3 Å². The van der Waals surface area contributed by atoms with E-state index >= 15 is 0 Å². The van der Waals surface area contributed by atoms with E-state index in [4.69, 9.17) is 4.74 Å². The Labute approximate surface area is 132 Å². The molecule has 0 amide bonds. The molecule has 0 aliphatic heterocycles. The zero-order valence-corrected chi connectivity index (χ0v) is 12.4. The van der Waals surface area contributed by atoms with Crippen molar-refractivity contribution in [2.24, 2.45) is 0 Å². The van der Waals surface area contributed by atoms with E-state index in [0.29, 0.717) is 17.0 Å². The molecule has 0 aliphatic rings. The second kappa shape index (κ2) is 7.69. The molecule has 0 saturated carbocycles. The fraction of sp³-hybridized carbons (Fsp3) is 0.125. The van der Waals surface area contributed by atoms with Crippen LogP contribution in [-0.2, 0) is 9.53 Å². The van der Waals surface area contributed by atoms with E-state index in [2.05, 4.69) is 10.3 Å². The Hall–Kier alpha value is -3.22. The average molecular weight is 313 g/mol. The summed E-state index contributed by atoms with van der Waals surface area (Å²) in [6.45, 7) is 1.99. The van der Waals surface area contributed by atoms with Crippen molar-refractivity contribution in [3.8, 4) is 0 Å². The lowest BCUT2D eigenvalue weighted by molar-refractivity contribution is -0.385. The third kappa shape index (κ3) is 4.37. The maximum Gasteiger partial charge on any atom is 0.340 e. The largest absolute Gasteiger partial charge is 0.462 e. The molecule has 2 aromatic rings. The summed E-state index contributed by atoms with van der Waals surface area (Å²) < 4.78 is 5.04. The SMILES string of the molecule is CCOC(=O)/C(=C\Nc1ccc([N+](=O)[O-])cn1)c1ccccc1. The van der Waals surface area contributed by atoms with Crippen LogP contribution in [0.3, 0.4) is 0 Å². The zero-order chi connectivity index (χ0) is 16.7. The van der Waals surface area contributed by atoms with Gasteiger partial charge < -0.3 is 10.1 Å². The first-order chi connectivity index (χ1) is 11.1. The minimum absolute atomic E-state index is 0.104. The van der Waals surface area contributed by atoms with E-state index in [1.807, 2.05) is 18.2 Å². The molecule has 23 heavy (non-hydrogen) atoms. The van der Waals surface area contributed by atoms with Crippen molar-refractivity contribution in [2.45, 2.75) is 6.92 Å². The lowest BCUT2D eigenvalue weighted by Crippen LogP contribution is -2.08. The van der Waals surface area contributed by atoms with Gasteiger partial charge in [-0.2, -0.15) is 0 Å². The van der Waals surface area contributed by atoms with E-state index in [1.54, 1.807) is 19.1 Å². The molecule has 0 fully saturated rings. The maximum atomic E-state index is 12.1. The maximum absolute atomic E-state index is 12.1. The molecule has 7 nitrogen and oxygen atoms in total. The fourth-order valence-electron chi connectivity index (χ4n) is 1.81. The minimum atomic E-state index is -0.527. The van der Waals surface area contributed by atoms with Gasteiger partial charge in [0.2, 0.25) is 0 Å². The first-order valence-corrected chi connectivity index (χ1v) is 6.91. The number of hydrogen-bond donors (Lipinski definition) is 1. The Balaban J connectivity index is 2.23. The van der Waals surface area contributed by atoms with Crippen LogP contribution < -0.4 is 5.32 Å². The molecular formula is C16H15N3O4. The number of carbonyl (C=O) groups excluding carboxylic acids is 1. The number of nitrogens with zero attached hydrogens (tertiary/aromatic N) is 2. The summed E-state index contributed by atoms with van der Waals surface area (Å²) in [5.41, 5.74) is 0.932. The number of rotatable bonds is 6. The fourth-order valence-corrected chi connectivity index (χ4v) is 1.81. The highest BCUT2D eigenvalue weighted by Crippen LogP contribution is 2.17. The van der Waals surface area contributed by atoms with Crippen molar-refractivity contribution in [1.82, 2.24) is 4.98 Å². The quantitative estimate of drug-likeness (QED) is 0.381. The minimum Gasteiger partial charge on any atom is -0.462 e. The molecule has 0 unspecified atom stereocenters. The van der Waals surface area contributed by atoms with Crippen LogP contribution in [0.5, 0.6) is 0 Å². The van der Waals surface area contributed by atoms with Crippen LogP contribution in [0.15, 0.2) is 54.9 Å². The smallest absolute Gasteiger partial charge is 0.340 e. The highest BCUT2D eigenvalue weighted by molar-refractivity contribution is 6.16. The standard InChI is InChI=1S/C16H15N3O4/c1-2-23-16(20)14(12-6-4-3-5-7-12)11-18-15-9-8-13(10-17-15)19(21)22/h3-11H,2H2,1H3,(H,17,18)/b14-11-. The molecule has 1 heterocycles. The number of benzene rings is 1. The molecule has 7 heteroatoms. The number of pyridine rings is 1. The number of aromatic nitrogens is 1. The first-order valence-electron chi connectivity index (χ1n) is 6.91. The highest BCUT2D eigenvalue weighted by Gasteiger charge is 2.13. The average Bonchev–Trinajstić information content (AvgIpc) is 2.57. The molecule has 2 rings (SSSR count). The van der Waals surface area contributed by atoms with Gasteiger partial charge in [-0.15, -0.1) is 0 Å². The van der Waals surface area contributed by atoms with Crippen molar-refractivity contribution in [3.63, 3.8) is 0 Å². The van der Waals surface area contributed by atoms with E-state index in [1.165, 1.54) is 18.3 Å². The van der Waals surface area contributed by atoms with E-state index in [0.717, 1.165) is 6.20 Å². The van der Waals surface area contributed by atoms with Gasteiger partial charge in [0.25, 0.3) is 5.69 Å². The van der Waals surface area contributed by atoms with Crippen LogP contribution in [0.1, 0.15) is 12.5 Å². The van der Waals surface area contributed by atoms with Gasteiger partial charge in [0.05, 0.1) is 17.1 Å². The monoisotopic (exact) mass is 313 g/mol. The molecule has 1 aromatic carbocycles. The third-order valence-corrected chi connectivity index (χ3v) is 2.90. The van der Waals surface area contributed by atoms with Crippen LogP contribution >= 0.6 is 0 Å². The predicted octanol–water partition coefficient (Wildman–Crippen LogP) is 3.01. The number of anilines is 1. The highest BCUT2D eigenvalue weighted by atomic mass is 16.6. The summed E-state index contributed by atoms with van der Waals surface area (Å²) in [7, 11) is 0. The summed E-state index contributed by atoms with van der Waals surface area (Å²) in [5.74, 6) is -0.0820. The Morgan fingerprint density at radius 3 is 2.61 bits per heavy atom. The lowest BCUT2D eigenvalue weighted by atomic mass is 10.1. The molecule has 0 saturated heterocycles. The molecule has 0 aliphatic carbocycles. The van der Waals surface area contributed by atoms with Gasteiger partial charge in [-0.1, -0.05) is 30.3 Å². The number of esters is 1. The van der Waals surface area contributed by atoms with Crippen molar-refractivity contribution >= 4 is 23.0 Å². The van der Waals surface area contributed by atoms with Crippen LogP contribution in [0.4, 0.5) is 11.5 Å². The zero-order valence-electron chi connectivity index (χ0n) is 12.4. The van der Waals surface area contributed by atoms with Crippen LogP contribution in [0.25, 0.3) is 5.57 Å². The van der Waals surface area contributed by atoms with Gasteiger partial charge in [0.15, 0.2) is 0 Å². The Bertz CT molecular complexity index is 712. The Morgan fingerprint density at radius 1 is 1.30 bits per heavy atom. The van der Waals surface area contributed by atoms with Crippen LogP contribution in [0.2, 0.25) is 0 Å². The molecule has 118 valence electrons. The van der Waals surface area contributed by atoms with E-state index < -0.39 is 10.9 Å². The summed E-state index contributed by atoms with van der Waals surface area (Å²) in [4.78, 5) is 26.1. The molecule has 0 bridgehead atoms. The van der Waals surface area contributed by atoms with Gasteiger partial charge in [0.1, 0.15) is 12.0 Å². The van der Waals surface area contributed by atoms with Gasteiger partial charge in [-0.3, -0.25) is 10.1 Å². The van der Waals surface area contributed by atoms with Crippen molar-refractivity contribution in [2.75, 3.05) is 11.9 Å². The molecular weight excluding hydrogens is 298 g/mol. The topological polar surface area (TPSA) is 94.4 Å². The number of nitro groups is 1. The summed E-state index contributed by atoms with van der Waals surface area (Å²) >= 11 is 0. The van der Waals surface area contributed by atoms with Gasteiger partial charge in [-0.05, 0) is 18.6 Å². The Kier molecular flexibility index (Phi) is 5.40. The molecule has 0 atom stereocenters. The second-order valence-corrected chi connectivity index (χ2v) is 4.45. The van der Waals surface area contributed by atoms with Gasteiger partial charge >= 0.3 is 5.97 Å². The summed E-state index contributed by atoms with van der Waals surface area (Å²) in [6.07, 6.45) is 2.62. The normalized spacial score (nSPS) is 10.9. The molecule has 1 N–H and O–H groups in total. The van der Waals surface area contributed by atoms with Crippen molar-refractivity contribution in [3.05, 3.63) is 70.5 Å². The number of nitrogens with one attached hydrogen (secondary N) is 1. The first kappa shape index (κ1) is 16.2. The number of ether oxygens (including phenoxy) is 1. The third-order valence-electron chi connectivity index (χ3n) is 2.90. The van der Waals surface area contributed by atoms with Gasteiger partial charge in [0, 0.05) is 12.3 Å². The van der Waals surface area contributed by atoms with Crippen molar-refractivity contribution < 1.29 is 14.5 Å². The lowest BCUT2D eigenvalue weighted by Gasteiger charge is -2.08. The summed E-state index contributed by atoms with van der Waals surface area (Å²) in [5, 5.41) is 13.4. The number of carbonyl (C=O) groups is 1. The number of hydrogen-bond acceptors (Lipinski definition) is 6. The molecule has 1 aromatic heterocycles. The van der Waals surface area contributed by atoms with Gasteiger partial charge in [-0.25, -0.2) is 9.78 Å². The Morgan fingerprint density at radius 2 is 2.04 bits per heavy atom. The van der Waals surface area contributed by atoms with Crippen molar-refractivity contribution in [1.29, 1.82) is 0 Å². The van der Waals surface area contributed by atoms with E-state index in [9.17, 15) is 14.9 Å². The summed E-state index contributed by atoms with van der Waals surface area (Å²) in [6, 6.07) is 11.8. The predicted molar refractivity (Wildman–Crippen MR) is 85.6 cm³/mol. The molecule has 0 spiro atoms. The van der Waals surface area contributed by atoms with Crippen LogP contribution in [0, 0.1) is 10.1 Å². The van der Waals surface area contributed by atoms with Crippen LogP contribution in [-0.4, -0.2) is 22.5 Å².